The van der Waals surface area contributed by atoms with Crippen molar-refractivity contribution in [2.75, 3.05) is 5.32 Å². The lowest BCUT2D eigenvalue weighted by Gasteiger charge is -2.44. The highest BCUT2D eigenvalue weighted by Gasteiger charge is 2.43. The molecule has 0 heterocycles. The van der Waals surface area contributed by atoms with Gasteiger partial charge in [0, 0.05) is 5.54 Å². The fourth-order valence-corrected chi connectivity index (χ4v) is 4.33. The maximum atomic E-state index is 14.3. The van der Waals surface area contributed by atoms with Crippen LogP contribution in [0.3, 0.4) is 0 Å². The number of halogens is 1. The summed E-state index contributed by atoms with van der Waals surface area (Å²) in [5.74, 6) is -2.32. The Kier molecular flexibility index (Phi) is 10.6. The van der Waals surface area contributed by atoms with E-state index in [1.165, 1.54) is 17.0 Å². The molecule has 5 N–H and O–H groups in total. The van der Waals surface area contributed by atoms with Gasteiger partial charge in [0.25, 0.3) is 5.91 Å². The summed E-state index contributed by atoms with van der Waals surface area (Å²) in [6.45, 7) is 12.1. The summed E-state index contributed by atoms with van der Waals surface area (Å²) >= 11 is 6.38. The Hall–Kier alpha value is -3.79. The zero-order valence-electron chi connectivity index (χ0n) is 24.0. The van der Waals surface area contributed by atoms with Crippen LogP contribution in [-0.2, 0) is 19.1 Å². The maximum absolute atomic E-state index is 14.3. The van der Waals surface area contributed by atoms with E-state index in [9.17, 15) is 24.3 Å². The van der Waals surface area contributed by atoms with E-state index in [1.54, 1.807) is 71.9 Å². The number of hydrogen-bond donors (Lipinski definition) is 4. The molecule has 2 rings (SSSR count). The lowest BCUT2D eigenvalue weighted by Crippen LogP contribution is -2.59. The highest BCUT2D eigenvalue weighted by Crippen LogP contribution is 2.35. The Morgan fingerprint density at radius 1 is 1.07 bits per heavy atom. The van der Waals surface area contributed by atoms with E-state index in [1.807, 2.05) is 6.92 Å². The average molecular weight is 575 g/mol. The molecule has 0 saturated heterocycles. The fraction of sp³-hybridized carbons (Fsp3) is 0.448. The Morgan fingerprint density at radius 2 is 1.70 bits per heavy atom. The standard InChI is InChI=1S/C29H39ClN4O6/c1-8-29(6,7)34(26(38)21(16-22(31)36)32-27(39)40-28(3,4)5)24(18-12-10-13-19(35)15-18)25(37)33-23-17(2)11-9-14-20(23)30/h9-15,21,24,35H,8,16H2,1-7H3,(H2,31,36)(H,32,39)(H,33,37). The van der Waals surface area contributed by atoms with Crippen molar-refractivity contribution >= 4 is 41.1 Å². The van der Waals surface area contributed by atoms with E-state index < -0.39 is 53.5 Å². The third-order valence-corrected chi connectivity index (χ3v) is 6.63. The molecule has 0 aromatic heterocycles. The van der Waals surface area contributed by atoms with Crippen LogP contribution in [0.4, 0.5) is 10.5 Å². The van der Waals surface area contributed by atoms with E-state index in [0.717, 1.165) is 0 Å². The number of amides is 4. The summed E-state index contributed by atoms with van der Waals surface area (Å²) in [7, 11) is 0. The molecule has 40 heavy (non-hydrogen) atoms. The lowest BCUT2D eigenvalue weighted by molar-refractivity contribution is -0.148. The van der Waals surface area contributed by atoms with E-state index in [-0.39, 0.29) is 5.75 Å². The molecule has 0 spiro atoms. The fourth-order valence-electron chi connectivity index (χ4n) is 4.06. The van der Waals surface area contributed by atoms with Gasteiger partial charge in [-0.25, -0.2) is 4.79 Å². The number of alkyl carbamates (subject to hydrolysis) is 1. The molecule has 218 valence electrons. The molecule has 0 fully saturated rings. The summed E-state index contributed by atoms with van der Waals surface area (Å²) in [5.41, 5.74) is 4.95. The van der Waals surface area contributed by atoms with Crippen LogP contribution in [0, 0.1) is 6.92 Å². The summed E-state index contributed by atoms with van der Waals surface area (Å²) in [4.78, 5) is 54.2. The molecule has 0 bridgehead atoms. The monoisotopic (exact) mass is 574 g/mol. The molecule has 0 aliphatic rings. The zero-order valence-corrected chi connectivity index (χ0v) is 24.8. The molecule has 0 saturated carbocycles. The predicted octanol–water partition coefficient (Wildman–Crippen LogP) is 4.82. The normalized spacial score (nSPS) is 13.1. The van der Waals surface area contributed by atoms with Crippen molar-refractivity contribution in [3.05, 3.63) is 58.6 Å². The van der Waals surface area contributed by atoms with Gasteiger partial charge >= 0.3 is 6.09 Å². The van der Waals surface area contributed by atoms with Crippen molar-refractivity contribution in [1.29, 1.82) is 0 Å². The molecule has 2 aromatic carbocycles. The van der Waals surface area contributed by atoms with Gasteiger partial charge in [-0.2, -0.15) is 0 Å². The number of primary amides is 1. The van der Waals surface area contributed by atoms with Crippen LogP contribution in [0.25, 0.3) is 0 Å². The summed E-state index contributed by atoms with van der Waals surface area (Å²) < 4.78 is 5.31. The van der Waals surface area contributed by atoms with Gasteiger partial charge in [-0.05, 0) is 77.3 Å². The number of hydrogen-bond acceptors (Lipinski definition) is 6. The van der Waals surface area contributed by atoms with Gasteiger partial charge in [0.15, 0.2) is 0 Å². The Labute approximate surface area is 240 Å². The van der Waals surface area contributed by atoms with Crippen molar-refractivity contribution in [1.82, 2.24) is 10.2 Å². The number of rotatable bonds is 10. The first kappa shape index (κ1) is 32.4. The minimum Gasteiger partial charge on any atom is -0.508 e. The molecule has 0 aliphatic carbocycles. The number of anilines is 1. The molecule has 4 amide bonds. The van der Waals surface area contributed by atoms with Crippen molar-refractivity contribution in [2.45, 2.75) is 84.5 Å². The first-order chi connectivity index (χ1) is 18.5. The molecular formula is C29H39ClN4O6. The molecular weight excluding hydrogens is 536 g/mol. The third-order valence-electron chi connectivity index (χ3n) is 6.31. The highest BCUT2D eigenvalue weighted by atomic mass is 35.5. The second-order valence-corrected chi connectivity index (χ2v) is 11.6. The molecule has 0 radical (unpaired) electrons. The third kappa shape index (κ3) is 8.61. The topological polar surface area (TPSA) is 151 Å². The minimum atomic E-state index is -1.44. The zero-order chi connectivity index (χ0) is 30.4. The Bertz CT molecular complexity index is 1240. The van der Waals surface area contributed by atoms with Gasteiger partial charge in [-0.15, -0.1) is 0 Å². The Balaban J connectivity index is 2.69. The average Bonchev–Trinajstić information content (AvgIpc) is 2.82. The van der Waals surface area contributed by atoms with Gasteiger partial charge in [0.05, 0.1) is 17.1 Å². The van der Waals surface area contributed by atoms with Crippen LogP contribution in [0.2, 0.25) is 5.02 Å². The van der Waals surface area contributed by atoms with Crippen molar-refractivity contribution in [2.24, 2.45) is 5.73 Å². The lowest BCUT2D eigenvalue weighted by atomic mass is 9.91. The second kappa shape index (κ2) is 13.0. The number of phenolic OH excluding ortho intramolecular Hbond substituents is 1. The smallest absolute Gasteiger partial charge is 0.408 e. The van der Waals surface area contributed by atoms with Crippen molar-refractivity contribution < 1.29 is 29.0 Å². The summed E-state index contributed by atoms with van der Waals surface area (Å²) in [5, 5.41) is 15.8. The minimum absolute atomic E-state index is 0.119. The number of aromatic hydroxyl groups is 1. The van der Waals surface area contributed by atoms with E-state index in [4.69, 9.17) is 22.1 Å². The van der Waals surface area contributed by atoms with Crippen LogP contribution >= 0.6 is 11.6 Å². The largest absolute Gasteiger partial charge is 0.508 e. The molecule has 11 heteroatoms. The number of benzene rings is 2. The summed E-state index contributed by atoms with van der Waals surface area (Å²) in [6.07, 6.45) is -1.07. The molecule has 2 unspecified atom stereocenters. The van der Waals surface area contributed by atoms with Gasteiger partial charge in [0.2, 0.25) is 11.8 Å². The number of nitrogens with two attached hydrogens (primary N) is 1. The number of ether oxygens (including phenoxy) is 1. The number of carbonyl (C=O) groups is 4. The Morgan fingerprint density at radius 3 is 2.23 bits per heavy atom. The van der Waals surface area contributed by atoms with E-state index in [2.05, 4.69) is 10.6 Å². The quantitative estimate of drug-likeness (QED) is 0.319. The van der Waals surface area contributed by atoms with Gasteiger partial charge in [0.1, 0.15) is 23.4 Å². The maximum Gasteiger partial charge on any atom is 0.408 e. The number of nitrogens with one attached hydrogen (secondary N) is 2. The SMILES string of the molecule is CCC(C)(C)N(C(=O)C(CC(N)=O)NC(=O)OC(C)(C)C)C(C(=O)Nc1c(C)cccc1Cl)c1cccc(O)c1. The highest BCUT2D eigenvalue weighted by molar-refractivity contribution is 6.34. The van der Waals surface area contributed by atoms with Gasteiger partial charge in [-0.1, -0.05) is 42.8 Å². The van der Waals surface area contributed by atoms with Crippen molar-refractivity contribution in [3.8, 4) is 5.75 Å². The summed E-state index contributed by atoms with van der Waals surface area (Å²) in [6, 6.07) is 8.36. The predicted molar refractivity (Wildman–Crippen MR) is 154 cm³/mol. The van der Waals surface area contributed by atoms with E-state index >= 15 is 0 Å². The number of para-hydroxylation sites is 1. The molecule has 2 atom stereocenters. The molecule has 10 nitrogen and oxygen atoms in total. The first-order valence-electron chi connectivity index (χ1n) is 12.9. The van der Waals surface area contributed by atoms with Crippen molar-refractivity contribution in [3.63, 3.8) is 0 Å². The van der Waals surface area contributed by atoms with E-state index in [0.29, 0.717) is 28.3 Å². The molecule has 0 aliphatic heterocycles. The first-order valence-corrected chi connectivity index (χ1v) is 13.3. The number of phenols is 1. The van der Waals surface area contributed by atoms with Gasteiger partial charge in [-0.3, -0.25) is 14.4 Å². The van der Waals surface area contributed by atoms with Crippen LogP contribution < -0.4 is 16.4 Å². The van der Waals surface area contributed by atoms with Gasteiger partial charge < -0.3 is 31.1 Å². The van der Waals surface area contributed by atoms with Crippen LogP contribution in [0.15, 0.2) is 42.5 Å². The number of aryl methyl sites for hydroxylation is 1. The number of nitrogens with zero attached hydrogens (tertiary/aromatic N) is 1. The number of carbonyl (C=O) groups excluding carboxylic acids is 4. The van der Waals surface area contributed by atoms with Crippen LogP contribution in [0.1, 0.15) is 71.6 Å². The second-order valence-electron chi connectivity index (χ2n) is 11.2. The van der Waals surface area contributed by atoms with Crippen LogP contribution in [-0.4, -0.2) is 51.0 Å². The molecule has 2 aromatic rings. The van der Waals surface area contributed by atoms with Crippen LogP contribution in [0.5, 0.6) is 5.75 Å².